The lowest BCUT2D eigenvalue weighted by Gasteiger charge is -2.34. The van der Waals surface area contributed by atoms with Crippen LogP contribution in [0.1, 0.15) is 12.8 Å². The number of benzene rings is 1. The Hall–Kier alpha value is -2.93. The Morgan fingerprint density at radius 2 is 1.86 bits per heavy atom. The van der Waals surface area contributed by atoms with Gasteiger partial charge in [0.05, 0.1) is 0 Å². The van der Waals surface area contributed by atoms with Gasteiger partial charge in [-0.1, -0.05) is 0 Å². The molecule has 1 saturated heterocycles. The first kappa shape index (κ1) is 18.4. The third kappa shape index (κ3) is 4.48. The molecule has 7 nitrogen and oxygen atoms in total. The van der Waals surface area contributed by atoms with E-state index in [2.05, 4.69) is 68.5 Å². The first-order chi connectivity index (χ1) is 13.7. The van der Waals surface area contributed by atoms with Crippen LogP contribution in [0.2, 0.25) is 0 Å². The number of rotatable bonds is 6. The van der Waals surface area contributed by atoms with E-state index in [0.717, 1.165) is 30.5 Å². The minimum absolute atomic E-state index is 0.560. The highest BCUT2D eigenvalue weighted by molar-refractivity contribution is 5.59. The monoisotopic (exact) mass is 377 g/mol. The van der Waals surface area contributed by atoms with Crippen LogP contribution >= 0.6 is 0 Å². The van der Waals surface area contributed by atoms with Gasteiger partial charge < -0.3 is 15.1 Å². The number of nitrogens with one attached hydrogen (secondary N) is 1. The summed E-state index contributed by atoms with van der Waals surface area (Å²) in [6, 6.07) is 12.2. The highest BCUT2D eigenvalue weighted by Crippen LogP contribution is 2.25. The van der Waals surface area contributed by atoms with Gasteiger partial charge in [-0.25, -0.2) is 9.67 Å². The Morgan fingerprint density at radius 3 is 2.54 bits per heavy atom. The zero-order valence-corrected chi connectivity index (χ0v) is 16.5. The standard InChI is InChI=1S/C21H27N7/c1-26(2)16-17-9-14-27(15-10-17)19-6-4-18(5-7-19)24-21-22-12-8-20(25-21)28-13-3-11-23-28/h3-8,11-13,17H,9-10,14-16H2,1-2H3,(H,22,24,25). The van der Waals surface area contributed by atoms with E-state index in [9.17, 15) is 0 Å². The number of hydrogen-bond donors (Lipinski definition) is 1. The maximum atomic E-state index is 4.52. The zero-order chi connectivity index (χ0) is 19.3. The van der Waals surface area contributed by atoms with Crippen LogP contribution in [0, 0.1) is 5.92 Å². The van der Waals surface area contributed by atoms with Gasteiger partial charge >= 0.3 is 0 Å². The van der Waals surface area contributed by atoms with E-state index in [-0.39, 0.29) is 0 Å². The number of piperidine rings is 1. The molecule has 0 radical (unpaired) electrons. The van der Waals surface area contributed by atoms with E-state index in [1.165, 1.54) is 25.1 Å². The van der Waals surface area contributed by atoms with Crippen LogP contribution in [0.4, 0.5) is 17.3 Å². The van der Waals surface area contributed by atoms with E-state index >= 15 is 0 Å². The van der Waals surface area contributed by atoms with Crippen LogP contribution in [0.5, 0.6) is 0 Å². The maximum Gasteiger partial charge on any atom is 0.229 e. The molecule has 0 unspecified atom stereocenters. The van der Waals surface area contributed by atoms with Crippen LogP contribution in [0.25, 0.3) is 5.82 Å². The second-order valence-electron chi connectivity index (χ2n) is 7.55. The Kier molecular flexibility index (Phi) is 5.53. The largest absolute Gasteiger partial charge is 0.372 e. The lowest BCUT2D eigenvalue weighted by Crippen LogP contribution is -2.37. The van der Waals surface area contributed by atoms with Gasteiger partial charge in [0.2, 0.25) is 5.95 Å². The highest BCUT2D eigenvalue weighted by Gasteiger charge is 2.19. The SMILES string of the molecule is CN(C)CC1CCN(c2ccc(Nc3nccc(-n4cccn4)n3)cc2)CC1. The average Bonchev–Trinajstić information content (AvgIpc) is 3.24. The number of hydrogen-bond acceptors (Lipinski definition) is 6. The number of aromatic nitrogens is 4. The van der Waals surface area contributed by atoms with Gasteiger partial charge in [0.25, 0.3) is 0 Å². The molecule has 0 spiro atoms. The fourth-order valence-corrected chi connectivity index (χ4v) is 3.72. The van der Waals surface area contributed by atoms with Crippen molar-refractivity contribution in [2.24, 2.45) is 5.92 Å². The van der Waals surface area contributed by atoms with Gasteiger partial charge in [-0.05, 0) is 63.2 Å². The summed E-state index contributed by atoms with van der Waals surface area (Å²) in [5, 5.41) is 7.49. The lowest BCUT2D eigenvalue weighted by molar-refractivity contribution is 0.285. The molecule has 28 heavy (non-hydrogen) atoms. The summed E-state index contributed by atoms with van der Waals surface area (Å²) < 4.78 is 1.72. The molecule has 0 bridgehead atoms. The third-order valence-electron chi connectivity index (χ3n) is 5.11. The lowest BCUT2D eigenvalue weighted by atomic mass is 9.96. The van der Waals surface area contributed by atoms with Gasteiger partial charge in [0, 0.05) is 55.7 Å². The summed E-state index contributed by atoms with van der Waals surface area (Å²) in [6.07, 6.45) is 7.84. The van der Waals surface area contributed by atoms with E-state index in [1.807, 2.05) is 18.3 Å². The molecular formula is C21H27N7. The van der Waals surface area contributed by atoms with E-state index < -0.39 is 0 Å². The van der Waals surface area contributed by atoms with Gasteiger partial charge in [-0.3, -0.25) is 0 Å². The first-order valence-electron chi connectivity index (χ1n) is 9.77. The van der Waals surface area contributed by atoms with Crippen molar-refractivity contribution in [3.63, 3.8) is 0 Å². The Balaban J connectivity index is 1.37. The first-order valence-corrected chi connectivity index (χ1v) is 9.77. The summed E-state index contributed by atoms with van der Waals surface area (Å²) >= 11 is 0. The summed E-state index contributed by atoms with van der Waals surface area (Å²) in [7, 11) is 4.32. The molecule has 0 aliphatic carbocycles. The molecule has 0 amide bonds. The molecule has 3 heterocycles. The quantitative estimate of drug-likeness (QED) is 0.712. The molecule has 2 aromatic heterocycles. The molecule has 3 aromatic rings. The van der Waals surface area contributed by atoms with Crippen molar-refractivity contribution in [2.45, 2.75) is 12.8 Å². The van der Waals surface area contributed by atoms with Gasteiger partial charge in [-0.15, -0.1) is 0 Å². The Bertz CT molecular complexity index is 866. The molecule has 1 fully saturated rings. The molecular weight excluding hydrogens is 350 g/mol. The Labute approximate surface area is 166 Å². The summed E-state index contributed by atoms with van der Waals surface area (Å²) in [5.74, 6) is 2.11. The average molecular weight is 377 g/mol. The van der Waals surface area contributed by atoms with Gasteiger partial charge in [-0.2, -0.15) is 10.1 Å². The van der Waals surface area contributed by atoms with Crippen LogP contribution in [0.3, 0.4) is 0 Å². The van der Waals surface area contributed by atoms with Crippen LogP contribution in [-0.2, 0) is 0 Å². The third-order valence-corrected chi connectivity index (χ3v) is 5.11. The second kappa shape index (κ2) is 8.39. The van der Waals surface area contributed by atoms with E-state index in [0.29, 0.717) is 5.95 Å². The smallest absolute Gasteiger partial charge is 0.229 e. The normalized spacial score (nSPS) is 15.2. The summed E-state index contributed by atoms with van der Waals surface area (Å²) in [6.45, 7) is 3.44. The van der Waals surface area contributed by atoms with Crippen LogP contribution < -0.4 is 10.2 Å². The molecule has 146 valence electrons. The summed E-state index contributed by atoms with van der Waals surface area (Å²) in [5.41, 5.74) is 2.25. The zero-order valence-electron chi connectivity index (χ0n) is 16.5. The highest BCUT2D eigenvalue weighted by atomic mass is 15.3. The molecule has 7 heteroatoms. The minimum atomic E-state index is 0.560. The molecule has 0 saturated carbocycles. The maximum absolute atomic E-state index is 4.52. The molecule has 1 aliphatic heterocycles. The van der Waals surface area contributed by atoms with Crippen molar-refractivity contribution in [1.29, 1.82) is 0 Å². The second-order valence-corrected chi connectivity index (χ2v) is 7.55. The topological polar surface area (TPSA) is 62.1 Å². The fraction of sp³-hybridized carbons (Fsp3) is 0.381. The van der Waals surface area contributed by atoms with E-state index in [1.54, 1.807) is 17.1 Å². The molecule has 4 rings (SSSR count). The van der Waals surface area contributed by atoms with Crippen LogP contribution in [-0.4, -0.2) is 58.4 Å². The minimum Gasteiger partial charge on any atom is -0.372 e. The van der Waals surface area contributed by atoms with Gasteiger partial charge in [0.15, 0.2) is 5.82 Å². The number of anilines is 3. The van der Waals surface area contributed by atoms with Crippen molar-refractivity contribution >= 4 is 17.3 Å². The van der Waals surface area contributed by atoms with E-state index in [4.69, 9.17) is 0 Å². The molecule has 0 atom stereocenters. The van der Waals surface area contributed by atoms with Crippen molar-refractivity contribution < 1.29 is 0 Å². The van der Waals surface area contributed by atoms with Crippen molar-refractivity contribution in [1.82, 2.24) is 24.6 Å². The predicted molar refractivity (Wildman–Crippen MR) is 112 cm³/mol. The molecule has 1 N–H and O–H groups in total. The fourth-order valence-electron chi connectivity index (χ4n) is 3.72. The van der Waals surface area contributed by atoms with Crippen molar-refractivity contribution in [3.8, 4) is 5.82 Å². The van der Waals surface area contributed by atoms with Crippen molar-refractivity contribution in [2.75, 3.05) is 43.9 Å². The van der Waals surface area contributed by atoms with Crippen LogP contribution in [0.15, 0.2) is 55.0 Å². The molecule has 1 aliphatic rings. The number of nitrogens with zero attached hydrogens (tertiary/aromatic N) is 6. The summed E-state index contributed by atoms with van der Waals surface area (Å²) in [4.78, 5) is 13.6. The Morgan fingerprint density at radius 1 is 1.07 bits per heavy atom. The van der Waals surface area contributed by atoms with Crippen molar-refractivity contribution in [3.05, 3.63) is 55.0 Å². The molecule has 1 aromatic carbocycles. The van der Waals surface area contributed by atoms with Gasteiger partial charge in [0.1, 0.15) is 0 Å². The predicted octanol–water partition coefficient (Wildman–Crippen LogP) is 3.18.